The molecule has 1 aliphatic rings. The molecule has 1 aliphatic heterocycles. The molecular formula is C18H19N3O2. The van der Waals surface area contributed by atoms with Gasteiger partial charge in [-0.2, -0.15) is 0 Å². The first-order valence-corrected chi connectivity index (χ1v) is 7.95. The van der Waals surface area contributed by atoms with Gasteiger partial charge in [-0.3, -0.25) is 0 Å². The van der Waals surface area contributed by atoms with Crippen molar-refractivity contribution >= 4 is 11.0 Å². The summed E-state index contributed by atoms with van der Waals surface area (Å²) >= 11 is 0. The van der Waals surface area contributed by atoms with E-state index in [9.17, 15) is 4.79 Å². The maximum absolute atomic E-state index is 11.5. The number of hydrogen-bond acceptors (Lipinski definition) is 3. The summed E-state index contributed by atoms with van der Waals surface area (Å²) in [6.07, 6.45) is 2.07. The van der Waals surface area contributed by atoms with Crippen molar-refractivity contribution in [2.45, 2.75) is 25.5 Å². The number of rotatable bonds is 4. The van der Waals surface area contributed by atoms with Crippen LogP contribution in [0.3, 0.4) is 0 Å². The van der Waals surface area contributed by atoms with Crippen LogP contribution in [0.2, 0.25) is 0 Å². The highest BCUT2D eigenvalue weighted by atomic mass is 16.5. The summed E-state index contributed by atoms with van der Waals surface area (Å²) in [4.78, 5) is 17.1. The number of aromatic amines is 2. The number of ether oxygens (including phenoxy) is 1. The second-order valence-corrected chi connectivity index (χ2v) is 5.95. The van der Waals surface area contributed by atoms with E-state index in [-0.39, 0.29) is 11.8 Å². The molecule has 0 amide bonds. The second-order valence-electron chi connectivity index (χ2n) is 5.95. The minimum Gasteiger partial charge on any atom is -0.487 e. The van der Waals surface area contributed by atoms with Crippen molar-refractivity contribution in [3.63, 3.8) is 0 Å². The first-order valence-electron chi connectivity index (χ1n) is 7.95. The Morgan fingerprint density at radius 3 is 2.87 bits per heavy atom. The molecule has 3 aromatic rings. The zero-order chi connectivity index (χ0) is 15.6. The van der Waals surface area contributed by atoms with Crippen LogP contribution in [-0.2, 0) is 13.0 Å². The van der Waals surface area contributed by atoms with Gasteiger partial charge in [-0.25, -0.2) is 4.79 Å². The largest absolute Gasteiger partial charge is 0.487 e. The van der Waals surface area contributed by atoms with Crippen molar-refractivity contribution in [3.8, 4) is 5.75 Å². The van der Waals surface area contributed by atoms with E-state index in [0.29, 0.717) is 0 Å². The summed E-state index contributed by atoms with van der Waals surface area (Å²) in [6, 6.07) is 14.3. The third kappa shape index (κ3) is 2.87. The van der Waals surface area contributed by atoms with Gasteiger partial charge in [0.1, 0.15) is 17.4 Å². The van der Waals surface area contributed by atoms with E-state index < -0.39 is 0 Å². The molecule has 118 valence electrons. The van der Waals surface area contributed by atoms with E-state index in [1.165, 1.54) is 5.56 Å². The number of aryl methyl sites for hydroxylation is 1. The monoisotopic (exact) mass is 309 g/mol. The third-order valence-electron chi connectivity index (χ3n) is 4.29. The molecule has 0 unspecified atom stereocenters. The fourth-order valence-electron chi connectivity index (χ4n) is 3.11. The lowest BCUT2D eigenvalue weighted by atomic mass is 10.0. The van der Waals surface area contributed by atoms with Crippen molar-refractivity contribution in [2.24, 2.45) is 0 Å². The van der Waals surface area contributed by atoms with Crippen molar-refractivity contribution in [1.29, 1.82) is 0 Å². The van der Waals surface area contributed by atoms with Crippen LogP contribution in [-0.4, -0.2) is 22.6 Å². The zero-order valence-electron chi connectivity index (χ0n) is 12.8. The number of nitrogens with one attached hydrogen (secondary N) is 3. The molecule has 0 saturated heterocycles. The Morgan fingerprint density at radius 2 is 2.00 bits per heavy atom. The lowest BCUT2D eigenvalue weighted by Crippen LogP contribution is -2.34. The van der Waals surface area contributed by atoms with Crippen molar-refractivity contribution in [3.05, 3.63) is 64.1 Å². The van der Waals surface area contributed by atoms with E-state index >= 15 is 0 Å². The Bertz CT molecular complexity index is 867. The van der Waals surface area contributed by atoms with Gasteiger partial charge in [0.2, 0.25) is 0 Å². The first-order chi connectivity index (χ1) is 11.3. The topological polar surface area (TPSA) is 69.9 Å². The van der Waals surface area contributed by atoms with E-state index in [1.54, 1.807) is 0 Å². The van der Waals surface area contributed by atoms with Crippen LogP contribution in [0.1, 0.15) is 17.5 Å². The van der Waals surface area contributed by atoms with Gasteiger partial charge in [-0.1, -0.05) is 36.4 Å². The summed E-state index contributed by atoms with van der Waals surface area (Å²) in [5, 5.41) is 3.45. The normalized spacial score (nSPS) is 17.0. The molecule has 0 bridgehead atoms. The quantitative estimate of drug-likeness (QED) is 0.693. The van der Waals surface area contributed by atoms with Gasteiger partial charge in [0, 0.05) is 13.1 Å². The Balaban J connectivity index is 1.45. The van der Waals surface area contributed by atoms with Gasteiger partial charge in [0.15, 0.2) is 0 Å². The molecule has 23 heavy (non-hydrogen) atoms. The van der Waals surface area contributed by atoms with Crippen molar-refractivity contribution < 1.29 is 4.74 Å². The van der Waals surface area contributed by atoms with Crippen LogP contribution < -0.4 is 15.7 Å². The Kier molecular flexibility index (Phi) is 3.63. The predicted octanol–water partition coefficient (Wildman–Crippen LogP) is 2.34. The highest BCUT2D eigenvalue weighted by Gasteiger charge is 2.22. The standard InChI is InChI=1S/C18H19N3O2/c22-18-20-15-9-7-13-6-8-14(23-17(13)16(15)21-18)11-19-10-12-4-2-1-3-5-12/h1-5,7,9,14,19H,6,8,10-11H2,(H2,20,21,22)/t14-/m1/s1. The zero-order valence-corrected chi connectivity index (χ0v) is 12.8. The minimum atomic E-state index is -0.193. The molecule has 0 aliphatic carbocycles. The molecule has 0 spiro atoms. The van der Waals surface area contributed by atoms with Gasteiger partial charge in [0.05, 0.1) is 5.52 Å². The molecule has 0 fully saturated rings. The minimum absolute atomic E-state index is 0.121. The Morgan fingerprint density at radius 1 is 1.13 bits per heavy atom. The first kappa shape index (κ1) is 14.1. The van der Waals surface area contributed by atoms with Gasteiger partial charge >= 0.3 is 5.69 Å². The fraction of sp³-hybridized carbons (Fsp3) is 0.278. The van der Waals surface area contributed by atoms with Crippen LogP contribution in [0.4, 0.5) is 0 Å². The summed E-state index contributed by atoms with van der Waals surface area (Å²) in [5.74, 6) is 0.818. The molecule has 2 aromatic carbocycles. The molecule has 0 saturated carbocycles. The van der Waals surface area contributed by atoms with Crippen LogP contribution >= 0.6 is 0 Å². The average molecular weight is 309 g/mol. The van der Waals surface area contributed by atoms with E-state index in [2.05, 4.69) is 27.4 Å². The highest BCUT2D eigenvalue weighted by Crippen LogP contribution is 2.32. The Labute approximate surface area is 133 Å². The summed E-state index contributed by atoms with van der Waals surface area (Å²) in [5.41, 5.74) is 3.81. The average Bonchev–Trinajstić information content (AvgIpc) is 2.97. The molecule has 3 N–H and O–H groups in total. The molecule has 2 heterocycles. The highest BCUT2D eigenvalue weighted by molar-refractivity contribution is 5.83. The van der Waals surface area contributed by atoms with Gasteiger partial charge in [0.25, 0.3) is 0 Å². The van der Waals surface area contributed by atoms with E-state index in [4.69, 9.17) is 4.74 Å². The predicted molar refractivity (Wildman–Crippen MR) is 89.8 cm³/mol. The van der Waals surface area contributed by atoms with Gasteiger partial charge < -0.3 is 20.0 Å². The van der Waals surface area contributed by atoms with Crippen LogP contribution in [0.25, 0.3) is 11.0 Å². The molecule has 0 radical (unpaired) electrons. The number of imidazole rings is 1. The molecule has 5 heteroatoms. The van der Waals surface area contributed by atoms with Crippen LogP contribution in [0, 0.1) is 0 Å². The number of aromatic nitrogens is 2. The lowest BCUT2D eigenvalue weighted by molar-refractivity contribution is 0.172. The van der Waals surface area contributed by atoms with Crippen molar-refractivity contribution in [2.75, 3.05) is 6.54 Å². The summed E-state index contributed by atoms with van der Waals surface area (Å²) < 4.78 is 6.14. The molecule has 4 rings (SSSR count). The van der Waals surface area contributed by atoms with Crippen LogP contribution in [0.15, 0.2) is 47.3 Å². The molecular weight excluding hydrogens is 290 g/mol. The number of fused-ring (bicyclic) bond motifs is 3. The summed E-state index contributed by atoms with van der Waals surface area (Å²) in [6.45, 7) is 1.62. The second kappa shape index (κ2) is 5.93. The smallest absolute Gasteiger partial charge is 0.323 e. The molecule has 5 nitrogen and oxygen atoms in total. The fourth-order valence-corrected chi connectivity index (χ4v) is 3.11. The van der Waals surface area contributed by atoms with Gasteiger partial charge in [-0.15, -0.1) is 0 Å². The SMILES string of the molecule is O=c1[nH]c2ccc3c(c2[nH]1)O[C@@H](CNCc1ccccc1)CC3. The van der Waals surface area contributed by atoms with E-state index in [1.807, 2.05) is 30.3 Å². The van der Waals surface area contributed by atoms with Crippen molar-refractivity contribution in [1.82, 2.24) is 15.3 Å². The lowest BCUT2D eigenvalue weighted by Gasteiger charge is -2.26. The maximum atomic E-state index is 11.5. The third-order valence-corrected chi connectivity index (χ3v) is 4.29. The van der Waals surface area contributed by atoms with Crippen LogP contribution in [0.5, 0.6) is 5.75 Å². The number of hydrogen-bond donors (Lipinski definition) is 3. The molecule has 1 atom stereocenters. The number of H-pyrrole nitrogens is 2. The molecule has 1 aromatic heterocycles. The summed E-state index contributed by atoms with van der Waals surface area (Å²) in [7, 11) is 0. The number of benzene rings is 2. The van der Waals surface area contributed by atoms with Gasteiger partial charge in [-0.05, 0) is 30.0 Å². The maximum Gasteiger partial charge on any atom is 0.323 e. The Hall–Kier alpha value is -2.53. The van der Waals surface area contributed by atoms with E-state index in [0.717, 1.165) is 48.3 Å².